The Morgan fingerprint density at radius 2 is 1.90 bits per heavy atom. The first-order valence-corrected chi connectivity index (χ1v) is 6.62. The Hall–Kier alpha value is -2.04. The maximum absolute atomic E-state index is 11.9. The molecule has 0 bridgehead atoms. The molecule has 1 unspecified atom stereocenters. The van der Waals surface area contributed by atoms with Crippen LogP contribution in [0, 0.1) is 0 Å². The van der Waals surface area contributed by atoms with Crippen molar-refractivity contribution in [2.75, 3.05) is 10.6 Å². The number of hydrogen-bond acceptors (Lipinski definition) is 2. The monoisotopic (exact) mass is 289 g/mol. The first kappa shape index (κ1) is 14.4. The van der Waals surface area contributed by atoms with E-state index in [1.807, 2.05) is 25.1 Å². The van der Waals surface area contributed by atoms with Crippen molar-refractivity contribution < 1.29 is 4.79 Å². The predicted molar refractivity (Wildman–Crippen MR) is 83.1 cm³/mol. The van der Waals surface area contributed by atoms with E-state index in [0.717, 1.165) is 5.56 Å². The van der Waals surface area contributed by atoms with E-state index >= 15 is 0 Å². The number of benzene rings is 2. The van der Waals surface area contributed by atoms with Gasteiger partial charge in [-0.15, -0.1) is 0 Å². The highest BCUT2D eigenvalue weighted by Crippen LogP contribution is 2.21. The largest absolute Gasteiger partial charge is 0.324 e. The Morgan fingerprint density at radius 1 is 1.15 bits per heavy atom. The van der Waals surface area contributed by atoms with Crippen LogP contribution in [0.15, 0.2) is 48.5 Å². The molecule has 0 spiro atoms. The number of para-hydroxylation sites is 1. The Bertz CT molecular complexity index is 614. The molecule has 5 heteroatoms. The van der Waals surface area contributed by atoms with Crippen LogP contribution in [-0.4, -0.2) is 6.03 Å². The Morgan fingerprint density at radius 3 is 2.60 bits per heavy atom. The number of amides is 2. The number of hydrogen-bond donors (Lipinski definition) is 3. The van der Waals surface area contributed by atoms with E-state index in [0.29, 0.717) is 16.4 Å². The van der Waals surface area contributed by atoms with Crippen molar-refractivity contribution >= 4 is 29.0 Å². The second-order valence-corrected chi connectivity index (χ2v) is 4.88. The zero-order valence-electron chi connectivity index (χ0n) is 11.1. The minimum atomic E-state index is -0.347. The summed E-state index contributed by atoms with van der Waals surface area (Å²) in [7, 11) is 0. The lowest BCUT2D eigenvalue weighted by molar-refractivity contribution is 0.262. The second kappa shape index (κ2) is 6.41. The lowest BCUT2D eigenvalue weighted by atomic mass is 10.1. The van der Waals surface area contributed by atoms with E-state index in [1.165, 1.54) is 0 Å². The van der Waals surface area contributed by atoms with Crippen LogP contribution in [0.25, 0.3) is 0 Å². The van der Waals surface area contributed by atoms with Gasteiger partial charge in [-0.2, -0.15) is 0 Å². The molecule has 2 rings (SSSR count). The third kappa shape index (κ3) is 3.73. The van der Waals surface area contributed by atoms with Gasteiger partial charge in [0.2, 0.25) is 0 Å². The molecule has 0 radical (unpaired) electrons. The molecular weight excluding hydrogens is 274 g/mol. The number of rotatable bonds is 3. The van der Waals surface area contributed by atoms with E-state index in [1.54, 1.807) is 30.3 Å². The van der Waals surface area contributed by atoms with Crippen LogP contribution in [0.5, 0.6) is 0 Å². The summed E-state index contributed by atoms with van der Waals surface area (Å²) < 4.78 is 0. The molecule has 4 N–H and O–H groups in total. The topological polar surface area (TPSA) is 67.1 Å². The van der Waals surface area contributed by atoms with Gasteiger partial charge < -0.3 is 16.4 Å². The summed E-state index contributed by atoms with van der Waals surface area (Å²) >= 11 is 5.98. The van der Waals surface area contributed by atoms with Gasteiger partial charge in [-0.05, 0) is 36.8 Å². The van der Waals surface area contributed by atoms with Crippen molar-refractivity contribution in [3.63, 3.8) is 0 Å². The maximum atomic E-state index is 11.9. The molecule has 2 amide bonds. The highest BCUT2D eigenvalue weighted by molar-refractivity contribution is 6.33. The molecule has 0 saturated heterocycles. The zero-order valence-corrected chi connectivity index (χ0v) is 11.8. The van der Waals surface area contributed by atoms with Gasteiger partial charge in [-0.3, -0.25) is 0 Å². The van der Waals surface area contributed by atoms with E-state index < -0.39 is 0 Å². The number of halogens is 1. The van der Waals surface area contributed by atoms with Gasteiger partial charge in [-0.25, -0.2) is 4.79 Å². The summed E-state index contributed by atoms with van der Waals surface area (Å²) in [5.41, 5.74) is 8.02. The molecule has 0 heterocycles. The fourth-order valence-corrected chi connectivity index (χ4v) is 1.93. The number of anilines is 2. The van der Waals surface area contributed by atoms with Crippen molar-refractivity contribution in [3.8, 4) is 0 Å². The molecule has 20 heavy (non-hydrogen) atoms. The van der Waals surface area contributed by atoms with Crippen molar-refractivity contribution in [1.82, 2.24) is 0 Å². The van der Waals surface area contributed by atoms with E-state index in [4.69, 9.17) is 17.3 Å². The molecular formula is C15H16ClN3O. The lowest BCUT2D eigenvalue weighted by Gasteiger charge is -2.11. The number of urea groups is 1. The minimum absolute atomic E-state index is 0.0802. The van der Waals surface area contributed by atoms with E-state index in [-0.39, 0.29) is 12.1 Å². The first-order valence-electron chi connectivity index (χ1n) is 6.24. The standard InChI is InChI=1S/C15H16ClN3O/c1-10(17)11-5-4-6-12(9-11)18-15(20)19-14-8-3-2-7-13(14)16/h2-10H,17H2,1H3,(H2,18,19,20). The molecule has 2 aromatic carbocycles. The average Bonchev–Trinajstić information content (AvgIpc) is 2.41. The Kier molecular flexibility index (Phi) is 4.61. The average molecular weight is 290 g/mol. The Labute approximate surface area is 122 Å². The number of carbonyl (C=O) groups is 1. The minimum Gasteiger partial charge on any atom is -0.324 e. The normalized spacial score (nSPS) is 11.8. The third-order valence-electron chi connectivity index (χ3n) is 2.79. The van der Waals surface area contributed by atoms with E-state index in [2.05, 4.69) is 10.6 Å². The van der Waals surface area contributed by atoms with Crippen molar-refractivity contribution in [2.24, 2.45) is 5.73 Å². The fourth-order valence-electron chi connectivity index (χ4n) is 1.75. The molecule has 0 aromatic heterocycles. The molecule has 2 aromatic rings. The molecule has 0 saturated carbocycles. The number of carbonyl (C=O) groups excluding carboxylic acids is 1. The Balaban J connectivity index is 2.05. The first-order chi connectivity index (χ1) is 9.56. The zero-order chi connectivity index (χ0) is 14.5. The maximum Gasteiger partial charge on any atom is 0.323 e. The summed E-state index contributed by atoms with van der Waals surface area (Å²) in [5.74, 6) is 0. The fraction of sp³-hybridized carbons (Fsp3) is 0.133. The molecule has 104 valence electrons. The predicted octanol–water partition coefficient (Wildman–Crippen LogP) is 4.00. The third-order valence-corrected chi connectivity index (χ3v) is 3.12. The summed E-state index contributed by atoms with van der Waals surface area (Å²) in [6, 6.07) is 14.0. The lowest BCUT2D eigenvalue weighted by Crippen LogP contribution is -2.19. The molecule has 0 aliphatic rings. The van der Waals surface area contributed by atoms with Crippen LogP contribution in [0.3, 0.4) is 0 Å². The van der Waals surface area contributed by atoms with Crippen LogP contribution in [0.1, 0.15) is 18.5 Å². The highest BCUT2D eigenvalue weighted by Gasteiger charge is 2.06. The van der Waals surface area contributed by atoms with Gasteiger partial charge in [-0.1, -0.05) is 35.9 Å². The van der Waals surface area contributed by atoms with E-state index in [9.17, 15) is 4.79 Å². The second-order valence-electron chi connectivity index (χ2n) is 4.47. The molecule has 1 atom stereocenters. The van der Waals surface area contributed by atoms with Crippen LogP contribution >= 0.6 is 11.6 Å². The van der Waals surface area contributed by atoms with Gasteiger partial charge in [0.05, 0.1) is 10.7 Å². The summed E-state index contributed by atoms with van der Waals surface area (Å²) in [4.78, 5) is 11.9. The van der Waals surface area contributed by atoms with Gasteiger partial charge in [0.15, 0.2) is 0 Å². The van der Waals surface area contributed by atoms with Gasteiger partial charge in [0.1, 0.15) is 0 Å². The van der Waals surface area contributed by atoms with Crippen LogP contribution in [0.2, 0.25) is 5.02 Å². The van der Waals surface area contributed by atoms with Gasteiger partial charge in [0.25, 0.3) is 0 Å². The number of nitrogens with two attached hydrogens (primary N) is 1. The number of nitrogens with one attached hydrogen (secondary N) is 2. The van der Waals surface area contributed by atoms with Crippen LogP contribution < -0.4 is 16.4 Å². The molecule has 0 aliphatic heterocycles. The van der Waals surface area contributed by atoms with Gasteiger partial charge >= 0.3 is 6.03 Å². The van der Waals surface area contributed by atoms with Gasteiger partial charge in [0, 0.05) is 11.7 Å². The SMILES string of the molecule is CC(N)c1cccc(NC(=O)Nc2ccccc2Cl)c1. The summed E-state index contributed by atoms with van der Waals surface area (Å²) in [5, 5.41) is 5.94. The highest BCUT2D eigenvalue weighted by atomic mass is 35.5. The van der Waals surface area contributed by atoms with Crippen LogP contribution in [-0.2, 0) is 0 Å². The smallest absolute Gasteiger partial charge is 0.323 e. The van der Waals surface area contributed by atoms with Crippen molar-refractivity contribution in [1.29, 1.82) is 0 Å². The molecule has 4 nitrogen and oxygen atoms in total. The van der Waals surface area contributed by atoms with Crippen molar-refractivity contribution in [2.45, 2.75) is 13.0 Å². The summed E-state index contributed by atoms with van der Waals surface area (Å²) in [6.07, 6.45) is 0. The van der Waals surface area contributed by atoms with Crippen molar-refractivity contribution in [3.05, 3.63) is 59.1 Å². The quantitative estimate of drug-likeness (QED) is 0.799. The van der Waals surface area contributed by atoms with Crippen LogP contribution in [0.4, 0.5) is 16.2 Å². The molecule has 0 fully saturated rings. The summed E-state index contributed by atoms with van der Waals surface area (Å²) in [6.45, 7) is 1.89. The molecule has 0 aliphatic carbocycles.